The Morgan fingerprint density at radius 2 is 2.06 bits per heavy atom. The van der Waals surface area contributed by atoms with Crippen LogP contribution in [0.2, 0.25) is 0 Å². The number of anilines is 1. The van der Waals surface area contributed by atoms with Crippen LogP contribution in [0.3, 0.4) is 0 Å². The maximum absolute atomic E-state index is 5.86. The van der Waals surface area contributed by atoms with Crippen molar-refractivity contribution in [2.75, 3.05) is 5.73 Å². The van der Waals surface area contributed by atoms with Crippen LogP contribution in [0.15, 0.2) is 42.7 Å². The van der Waals surface area contributed by atoms with Crippen molar-refractivity contribution in [1.82, 2.24) is 15.2 Å². The fraction of sp³-hybridized carbons (Fsp3) is 0. The molecule has 3 N–H and O–H groups in total. The van der Waals surface area contributed by atoms with Gasteiger partial charge in [0.1, 0.15) is 5.69 Å². The number of rotatable bonds is 1. The van der Waals surface area contributed by atoms with Gasteiger partial charge in [-0.3, -0.25) is 10.1 Å². The summed E-state index contributed by atoms with van der Waals surface area (Å²) in [4.78, 5) is 4.08. The average molecular weight is 210 g/mol. The zero-order valence-electron chi connectivity index (χ0n) is 8.51. The van der Waals surface area contributed by atoms with Gasteiger partial charge < -0.3 is 5.73 Å². The second-order valence-corrected chi connectivity index (χ2v) is 3.58. The van der Waals surface area contributed by atoms with Crippen molar-refractivity contribution >= 4 is 16.6 Å². The number of nitrogens with one attached hydrogen (secondary N) is 1. The van der Waals surface area contributed by atoms with Crippen molar-refractivity contribution in [2.45, 2.75) is 0 Å². The second-order valence-electron chi connectivity index (χ2n) is 3.58. The van der Waals surface area contributed by atoms with E-state index in [-0.39, 0.29) is 0 Å². The molecule has 0 saturated carbocycles. The summed E-state index contributed by atoms with van der Waals surface area (Å²) in [6.07, 6.45) is 3.53. The number of aromatic amines is 1. The van der Waals surface area contributed by atoms with Gasteiger partial charge in [-0.1, -0.05) is 12.1 Å². The van der Waals surface area contributed by atoms with Gasteiger partial charge in [-0.2, -0.15) is 5.10 Å². The first kappa shape index (κ1) is 8.91. The number of aromatic nitrogens is 3. The predicted molar refractivity (Wildman–Crippen MR) is 63.7 cm³/mol. The third-order valence-corrected chi connectivity index (χ3v) is 2.57. The fourth-order valence-electron chi connectivity index (χ4n) is 1.79. The number of benzene rings is 1. The van der Waals surface area contributed by atoms with Crippen molar-refractivity contribution in [3.8, 4) is 11.3 Å². The molecule has 3 aromatic rings. The van der Waals surface area contributed by atoms with Crippen molar-refractivity contribution in [3.05, 3.63) is 42.7 Å². The van der Waals surface area contributed by atoms with Crippen LogP contribution in [0.1, 0.15) is 0 Å². The molecule has 2 aromatic heterocycles. The predicted octanol–water partition coefficient (Wildman–Crippen LogP) is 2.21. The molecule has 4 nitrogen and oxygen atoms in total. The maximum atomic E-state index is 5.86. The van der Waals surface area contributed by atoms with Gasteiger partial charge >= 0.3 is 0 Å². The van der Waals surface area contributed by atoms with E-state index in [0.29, 0.717) is 5.69 Å². The molecule has 2 heterocycles. The van der Waals surface area contributed by atoms with E-state index in [1.165, 1.54) is 0 Å². The second kappa shape index (κ2) is 3.34. The summed E-state index contributed by atoms with van der Waals surface area (Å²) in [6.45, 7) is 0. The van der Waals surface area contributed by atoms with E-state index in [0.717, 1.165) is 22.2 Å². The van der Waals surface area contributed by atoms with E-state index in [9.17, 15) is 0 Å². The van der Waals surface area contributed by atoms with Gasteiger partial charge in [-0.05, 0) is 18.2 Å². The first-order chi connectivity index (χ1) is 7.86. The van der Waals surface area contributed by atoms with Crippen LogP contribution in [0, 0.1) is 0 Å². The summed E-state index contributed by atoms with van der Waals surface area (Å²) in [5.74, 6) is 0. The Hall–Kier alpha value is -2.36. The minimum Gasteiger partial charge on any atom is -0.397 e. The highest BCUT2D eigenvalue weighted by Crippen LogP contribution is 2.28. The van der Waals surface area contributed by atoms with E-state index >= 15 is 0 Å². The lowest BCUT2D eigenvalue weighted by atomic mass is 10.1. The Labute approximate surface area is 92.1 Å². The van der Waals surface area contributed by atoms with Crippen LogP contribution >= 0.6 is 0 Å². The summed E-state index contributed by atoms with van der Waals surface area (Å²) >= 11 is 0. The normalized spacial score (nSPS) is 10.8. The molecule has 0 atom stereocenters. The van der Waals surface area contributed by atoms with E-state index in [1.807, 2.05) is 30.3 Å². The summed E-state index contributed by atoms with van der Waals surface area (Å²) in [6, 6.07) is 9.64. The SMILES string of the molecule is Nc1cccc2c(-c3cccnc3)n[nH]c12. The lowest BCUT2D eigenvalue weighted by Crippen LogP contribution is -1.85. The fourth-order valence-corrected chi connectivity index (χ4v) is 1.79. The number of nitrogens with two attached hydrogens (primary N) is 1. The summed E-state index contributed by atoms with van der Waals surface area (Å²) in [5, 5.41) is 8.25. The van der Waals surface area contributed by atoms with Crippen LogP contribution in [0.25, 0.3) is 22.2 Å². The molecule has 0 aliphatic heterocycles. The van der Waals surface area contributed by atoms with Gasteiger partial charge in [-0.25, -0.2) is 0 Å². The number of pyridine rings is 1. The number of H-pyrrole nitrogens is 1. The van der Waals surface area contributed by atoms with Crippen LogP contribution in [-0.4, -0.2) is 15.2 Å². The summed E-state index contributed by atoms with van der Waals surface area (Å²) in [5.41, 5.74) is 9.32. The zero-order valence-corrected chi connectivity index (χ0v) is 8.51. The van der Waals surface area contributed by atoms with Crippen LogP contribution < -0.4 is 5.73 Å². The van der Waals surface area contributed by atoms with Gasteiger partial charge in [0.25, 0.3) is 0 Å². The quantitative estimate of drug-likeness (QED) is 0.605. The highest BCUT2D eigenvalue weighted by atomic mass is 15.1. The Kier molecular flexibility index (Phi) is 1.86. The Morgan fingerprint density at radius 1 is 1.12 bits per heavy atom. The number of nitrogen functional groups attached to an aromatic ring is 1. The van der Waals surface area contributed by atoms with Gasteiger partial charge in [0.2, 0.25) is 0 Å². The van der Waals surface area contributed by atoms with Crippen molar-refractivity contribution in [3.63, 3.8) is 0 Å². The third kappa shape index (κ3) is 1.24. The highest BCUT2D eigenvalue weighted by Gasteiger charge is 2.08. The molecule has 1 aromatic carbocycles. The number of hydrogen-bond acceptors (Lipinski definition) is 3. The smallest absolute Gasteiger partial charge is 0.102 e. The van der Waals surface area contributed by atoms with Crippen LogP contribution in [-0.2, 0) is 0 Å². The largest absolute Gasteiger partial charge is 0.397 e. The molecule has 0 radical (unpaired) electrons. The number of nitrogens with zero attached hydrogens (tertiary/aromatic N) is 2. The minimum absolute atomic E-state index is 0.708. The average Bonchev–Trinajstić information content (AvgIpc) is 2.75. The standard InChI is InChI=1S/C12H10N4/c13-10-5-1-4-9-11(15-16-12(9)10)8-3-2-6-14-7-8/h1-7H,13H2,(H,15,16). The molecule has 0 aliphatic carbocycles. The molecule has 3 rings (SSSR count). The Morgan fingerprint density at radius 3 is 2.88 bits per heavy atom. The molecular formula is C12H10N4. The molecule has 16 heavy (non-hydrogen) atoms. The van der Waals surface area contributed by atoms with E-state index in [2.05, 4.69) is 15.2 Å². The van der Waals surface area contributed by atoms with Crippen LogP contribution in [0.5, 0.6) is 0 Å². The third-order valence-electron chi connectivity index (χ3n) is 2.57. The van der Waals surface area contributed by atoms with Crippen molar-refractivity contribution in [1.29, 1.82) is 0 Å². The van der Waals surface area contributed by atoms with Crippen LogP contribution in [0.4, 0.5) is 5.69 Å². The molecule has 0 amide bonds. The Balaban J connectivity index is 2.30. The highest BCUT2D eigenvalue weighted by molar-refractivity contribution is 5.98. The molecule has 0 unspecified atom stereocenters. The van der Waals surface area contributed by atoms with Crippen molar-refractivity contribution < 1.29 is 0 Å². The van der Waals surface area contributed by atoms with Gasteiger partial charge in [-0.15, -0.1) is 0 Å². The first-order valence-electron chi connectivity index (χ1n) is 4.99. The lowest BCUT2D eigenvalue weighted by Gasteiger charge is -1.97. The van der Waals surface area contributed by atoms with Gasteiger partial charge in [0, 0.05) is 23.3 Å². The monoisotopic (exact) mass is 210 g/mol. The van der Waals surface area contributed by atoms with Gasteiger partial charge in [0.15, 0.2) is 0 Å². The molecule has 0 spiro atoms. The van der Waals surface area contributed by atoms with E-state index < -0.39 is 0 Å². The first-order valence-corrected chi connectivity index (χ1v) is 4.99. The molecular weight excluding hydrogens is 200 g/mol. The Bertz CT molecular complexity index is 628. The molecule has 0 saturated heterocycles. The number of para-hydroxylation sites is 1. The lowest BCUT2D eigenvalue weighted by molar-refractivity contribution is 1.12. The molecule has 0 bridgehead atoms. The number of fused-ring (bicyclic) bond motifs is 1. The van der Waals surface area contributed by atoms with E-state index in [4.69, 9.17) is 5.73 Å². The summed E-state index contributed by atoms with van der Waals surface area (Å²) < 4.78 is 0. The molecule has 0 aliphatic rings. The summed E-state index contributed by atoms with van der Waals surface area (Å²) in [7, 11) is 0. The van der Waals surface area contributed by atoms with E-state index in [1.54, 1.807) is 12.4 Å². The molecule has 4 heteroatoms. The maximum Gasteiger partial charge on any atom is 0.102 e. The molecule has 78 valence electrons. The zero-order chi connectivity index (χ0) is 11.0. The van der Waals surface area contributed by atoms with Crippen molar-refractivity contribution in [2.24, 2.45) is 0 Å². The van der Waals surface area contributed by atoms with Gasteiger partial charge in [0.05, 0.1) is 11.2 Å². The topological polar surface area (TPSA) is 67.6 Å². The number of hydrogen-bond donors (Lipinski definition) is 2. The molecule has 0 fully saturated rings. The minimum atomic E-state index is 0.708.